The number of thiazole rings is 1. The molecule has 0 aliphatic rings. The third-order valence-corrected chi connectivity index (χ3v) is 6.53. The number of rotatable bonds is 8. The highest BCUT2D eigenvalue weighted by atomic mass is 32.2. The van der Waals surface area contributed by atoms with E-state index >= 15 is 0 Å². The highest BCUT2D eigenvalue weighted by molar-refractivity contribution is 7.99. The third kappa shape index (κ3) is 4.72. The predicted octanol–water partition coefficient (Wildman–Crippen LogP) is 4.55. The summed E-state index contributed by atoms with van der Waals surface area (Å²) in [5.41, 5.74) is 1.44. The van der Waals surface area contributed by atoms with Crippen LogP contribution in [0.1, 0.15) is 20.3 Å². The Labute approximate surface area is 187 Å². The molecule has 7 nitrogen and oxygen atoms in total. The van der Waals surface area contributed by atoms with Gasteiger partial charge in [-0.1, -0.05) is 35.2 Å². The van der Waals surface area contributed by atoms with Crippen molar-refractivity contribution in [1.29, 1.82) is 0 Å². The van der Waals surface area contributed by atoms with Crippen LogP contribution < -0.4 is 15.6 Å². The summed E-state index contributed by atoms with van der Waals surface area (Å²) in [5.74, 6) is 1.18. The lowest BCUT2D eigenvalue weighted by Crippen LogP contribution is -2.22. The van der Waals surface area contributed by atoms with E-state index in [0.717, 1.165) is 16.0 Å². The Kier molecular flexibility index (Phi) is 6.53. The van der Waals surface area contributed by atoms with Gasteiger partial charge in [-0.2, -0.15) is 0 Å². The quantitative estimate of drug-likeness (QED) is 0.311. The molecular weight excluding hydrogens is 432 g/mol. The summed E-state index contributed by atoms with van der Waals surface area (Å²) in [5, 5.41) is 4.66. The number of anilines is 1. The normalized spacial score (nSPS) is 11.2. The summed E-state index contributed by atoms with van der Waals surface area (Å²) < 4.78 is 8.12. The topological polar surface area (TPSA) is 86.1 Å². The van der Waals surface area contributed by atoms with Crippen LogP contribution in [0.5, 0.6) is 5.75 Å². The molecule has 0 atom stereocenters. The molecule has 0 unspecified atom stereocenters. The monoisotopic (exact) mass is 454 g/mol. The molecule has 9 heteroatoms. The number of thioether (sulfide) groups is 1. The van der Waals surface area contributed by atoms with Gasteiger partial charge in [0.2, 0.25) is 5.91 Å². The second-order valence-electron chi connectivity index (χ2n) is 6.69. The zero-order valence-electron chi connectivity index (χ0n) is 17.3. The van der Waals surface area contributed by atoms with Gasteiger partial charge in [-0.15, -0.1) is 0 Å². The first-order valence-corrected chi connectivity index (χ1v) is 11.8. The largest absolute Gasteiger partial charge is 0.494 e. The molecule has 0 bridgehead atoms. The number of amides is 1. The van der Waals surface area contributed by atoms with E-state index in [1.807, 2.05) is 50.2 Å². The maximum Gasteiger partial charge on any atom is 0.262 e. The van der Waals surface area contributed by atoms with E-state index in [2.05, 4.69) is 15.3 Å². The lowest BCUT2D eigenvalue weighted by Gasteiger charge is -2.10. The smallest absolute Gasteiger partial charge is 0.262 e. The maximum atomic E-state index is 12.7. The molecule has 2 heterocycles. The first-order chi connectivity index (χ1) is 15.1. The van der Waals surface area contributed by atoms with Crippen molar-refractivity contribution in [1.82, 2.24) is 14.5 Å². The zero-order chi connectivity index (χ0) is 21.8. The average Bonchev–Trinajstić information content (AvgIpc) is 3.15. The van der Waals surface area contributed by atoms with Gasteiger partial charge in [0.1, 0.15) is 5.75 Å². The molecule has 1 amide bonds. The lowest BCUT2D eigenvalue weighted by atomic mass is 10.2. The van der Waals surface area contributed by atoms with Crippen molar-refractivity contribution in [3.8, 4) is 5.75 Å². The maximum absolute atomic E-state index is 12.7. The number of carbonyl (C=O) groups excluding carboxylic acids is 1. The van der Waals surface area contributed by atoms with Crippen LogP contribution >= 0.6 is 23.1 Å². The standard InChI is InChI=1S/C22H22N4O3S2/c1-3-26-20(28)15-7-5-6-8-16(15)24-22(26)30-12-11-19(27)25-21-23-17-10-9-14(29-4-2)13-18(17)31-21/h5-10,13H,3-4,11-12H2,1-2H3,(H,23,25,27). The van der Waals surface area contributed by atoms with Gasteiger partial charge in [0.05, 0.1) is 27.7 Å². The molecule has 0 aliphatic heterocycles. The van der Waals surface area contributed by atoms with Crippen LogP contribution in [0.4, 0.5) is 5.13 Å². The van der Waals surface area contributed by atoms with E-state index in [1.165, 1.54) is 23.1 Å². The average molecular weight is 455 g/mol. The second-order valence-corrected chi connectivity index (χ2v) is 8.78. The molecule has 4 rings (SSSR count). The van der Waals surface area contributed by atoms with E-state index in [-0.39, 0.29) is 17.9 Å². The molecule has 2 aromatic heterocycles. The number of aromatic nitrogens is 3. The fraction of sp³-hybridized carbons (Fsp3) is 0.273. The van der Waals surface area contributed by atoms with Crippen LogP contribution in [0.3, 0.4) is 0 Å². The number of nitrogens with zero attached hydrogens (tertiary/aromatic N) is 3. The molecule has 2 aromatic carbocycles. The Morgan fingerprint density at radius 1 is 1.16 bits per heavy atom. The third-order valence-electron chi connectivity index (χ3n) is 4.62. The molecule has 31 heavy (non-hydrogen) atoms. The van der Waals surface area contributed by atoms with Gasteiger partial charge in [-0.25, -0.2) is 9.97 Å². The minimum absolute atomic E-state index is 0.0547. The highest BCUT2D eigenvalue weighted by Crippen LogP contribution is 2.29. The Morgan fingerprint density at radius 3 is 2.81 bits per heavy atom. The van der Waals surface area contributed by atoms with Crippen LogP contribution in [0.25, 0.3) is 21.1 Å². The van der Waals surface area contributed by atoms with Crippen molar-refractivity contribution in [2.45, 2.75) is 32.0 Å². The zero-order valence-corrected chi connectivity index (χ0v) is 18.9. The molecular formula is C22H22N4O3S2. The first-order valence-electron chi connectivity index (χ1n) is 10.0. The van der Waals surface area contributed by atoms with E-state index < -0.39 is 0 Å². The molecule has 0 spiro atoms. The highest BCUT2D eigenvalue weighted by Gasteiger charge is 2.12. The Bertz CT molecular complexity index is 1300. The minimum Gasteiger partial charge on any atom is -0.494 e. The number of nitrogens with one attached hydrogen (secondary N) is 1. The van der Waals surface area contributed by atoms with Crippen LogP contribution in [0.15, 0.2) is 52.4 Å². The van der Waals surface area contributed by atoms with Crippen molar-refractivity contribution in [2.24, 2.45) is 0 Å². The van der Waals surface area contributed by atoms with Gasteiger partial charge in [0.25, 0.3) is 5.56 Å². The van der Waals surface area contributed by atoms with Crippen LogP contribution in [-0.2, 0) is 11.3 Å². The summed E-state index contributed by atoms with van der Waals surface area (Å²) in [6, 6.07) is 13.0. The summed E-state index contributed by atoms with van der Waals surface area (Å²) in [6.07, 6.45) is 0.289. The summed E-state index contributed by atoms with van der Waals surface area (Å²) in [7, 11) is 0. The SMILES string of the molecule is CCOc1ccc2nc(NC(=O)CCSc3nc4ccccc4c(=O)n3CC)sc2c1. The second kappa shape index (κ2) is 9.49. The minimum atomic E-state index is -0.122. The Hall–Kier alpha value is -2.91. The van der Waals surface area contributed by atoms with E-state index in [9.17, 15) is 9.59 Å². The summed E-state index contributed by atoms with van der Waals surface area (Å²) >= 11 is 2.83. The predicted molar refractivity (Wildman–Crippen MR) is 126 cm³/mol. The van der Waals surface area contributed by atoms with Crippen molar-refractivity contribution in [2.75, 3.05) is 17.7 Å². The lowest BCUT2D eigenvalue weighted by molar-refractivity contribution is -0.115. The molecule has 4 aromatic rings. The Morgan fingerprint density at radius 2 is 2.00 bits per heavy atom. The fourth-order valence-electron chi connectivity index (χ4n) is 3.17. The number of hydrogen-bond acceptors (Lipinski definition) is 7. The number of fused-ring (bicyclic) bond motifs is 2. The molecule has 0 saturated carbocycles. The van der Waals surface area contributed by atoms with Gasteiger partial charge in [0.15, 0.2) is 10.3 Å². The van der Waals surface area contributed by atoms with Crippen LogP contribution in [-0.4, -0.2) is 32.8 Å². The number of hydrogen-bond donors (Lipinski definition) is 1. The first kappa shape index (κ1) is 21.3. The van der Waals surface area contributed by atoms with Gasteiger partial charge >= 0.3 is 0 Å². The molecule has 0 radical (unpaired) electrons. The van der Waals surface area contributed by atoms with Crippen molar-refractivity contribution >= 4 is 55.3 Å². The number of carbonyl (C=O) groups is 1. The van der Waals surface area contributed by atoms with Crippen LogP contribution in [0, 0.1) is 0 Å². The van der Waals surface area contributed by atoms with Gasteiger partial charge in [-0.05, 0) is 44.2 Å². The van der Waals surface area contributed by atoms with Crippen molar-refractivity contribution in [3.05, 3.63) is 52.8 Å². The Balaban J connectivity index is 1.40. The summed E-state index contributed by atoms with van der Waals surface area (Å²) in [6.45, 7) is 4.98. The van der Waals surface area contributed by atoms with E-state index in [1.54, 1.807) is 10.6 Å². The van der Waals surface area contributed by atoms with Crippen LogP contribution in [0.2, 0.25) is 0 Å². The molecule has 0 fully saturated rings. The van der Waals surface area contributed by atoms with Gasteiger partial charge in [-0.3, -0.25) is 14.2 Å². The molecule has 0 saturated heterocycles. The number of ether oxygens (including phenoxy) is 1. The fourth-order valence-corrected chi connectivity index (χ4v) is 5.08. The molecule has 160 valence electrons. The van der Waals surface area contributed by atoms with Crippen molar-refractivity contribution < 1.29 is 9.53 Å². The summed E-state index contributed by atoms with van der Waals surface area (Å²) in [4.78, 5) is 34.2. The number of para-hydroxylation sites is 1. The van der Waals surface area contributed by atoms with E-state index in [4.69, 9.17) is 4.74 Å². The molecule has 1 N–H and O–H groups in total. The van der Waals surface area contributed by atoms with Gasteiger partial charge in [0, 0.05) is 18.7 Å². The molecule has 0 aliphatic carbocycles. The van der Waals surface area contributed by atoms with Crippen molar-refractivity contribution in [3.63, 3.8) is 0 Å². The number of benzene rings is 2. The van der Waals surface area contributed by atoms with Gasteiger partial charge < -0.3 is 10.1 Å². The van der Waals surface area contributed by atoms with E-state index in [0.29, 0.717) is 40.1 Å².